The lowest BCUT2D eigenvalue weighted by Gasteiger charge is -2.15. The van der Waals surface area contributed by atoms with Crippen molar-refractivity contribution >= 4 is 22.6 Å². The van der Waals surface area contributed by atoms with E-state index < -0.39 is 0 Å². The molecule has 0 aliphatic rings. The number of hydrogen-bond acceptors (Lipinski definition) is 3. The third kappa shape index (κ3) is 4.08. The van der Waals surface area contributed by atoms with Crippen LogP contribution in [0.2, 0.25) is 0 Å². The predicted octanol–water partition coefficient (Wildman–Crippen LogP) is 3.60. The molecule has 0 unspecified atom stereocenters. The molecular formula is C13H16INO2. The Morgan fingerprint density at radius 2 is 2.06 bits per heavy atom. The maximum Gasteiger partial charge on any atom is 0.178 e. The Hall–Kier alpha value is -0.960. The van der Waals surface area contributed by atoms with Gasteiger partial charge in [-0.3, -0.25) is 0 Å². The molecule has 0 saturated heterocycles. The average molecular weight is 345 g/mol. The highest BCUT2D eigenvalue weighted by Crippen LogP contribution is 2.33. The number of hydrogen-bond donors (Lipinski definition) is 0. The van der Waals surface area contributed by atoms with Crippen LogP contribution in [0, 0.1) is 20.8 Å². The summed E-state index contributed by atoms with van der Waals surface area (Å²) in [4.78, 5) is 0. The molecule has 0 aromatic heterocycles. The topological polar surface area (TPSA) is 42.2 Å². The minimum Gasteiger partial charge on any atom is -0.490 e. The smallest absolute Gasteiger partial charge is 0.178 e. The standard InChI is InChI=1S/C13H16INO2/c1-4-16-12-6-11(14)5-10(7-15)13(12)17-8-9(2)3/h5-6,9H,4,8H2,1-3H3. The molecule has 3 nitrogen and oxygen atoms in total. The van der Waals surface area contributed by atoms with Gasteiger partial charge in [-0.15, -0.1) is 0 Å². The molecule has 0 saturated carbocycles. The first kappa shape index (κ1) is 14.1. The molecule has 1 aromatic carbocycles. The van der Waals surface area contributed by atoms with E-state index in [-0.39, 0.29) is 0 Å². The second kappa shape index (κ2) is 6.70. The summed E-state index contributed by atoms with van der Waals surface area (Å²) in [5, 5.41) is 9.11. The van der Waals surface area contributed by atoms with Crippen LogP contribution in [0.4, 0.5) is 0 Å². The summed E-state index contributed by atoms with van der Waals surface area (Å²) < 4.78 is 12.2. The minimum absolute atomic E-state index is 0.412. The Morgan fingerprint density at radius 1 is 1.35 bits per heavy atom. The highest BCUT2D eigenvalue weighted by molar-refractivity contribution is 14.1. The van der Waals surface area contributed by atoms with Crippen LogP contribution in [0.3, 0.4) is 0 Å². The van der Waals surface area contributed by atoms with Crippen molar-refractivity contribution in [1.82, 2.24) is 0 Å². The number of ether oxygens (including phenoxy) is 2. The highest BCUT2D eigenvalue weighted by Gasteiger charge is 2.13. The number of halogens is 1. The molecule has 0 N–H and O–H groups in total. The first-order chi connectivity index (χ1) is 8.08. The highest BCUT2D eigenvalue weighted by atomic mass is 127. The van der Waals surface area contributed by atoms with Crippen LogP contribution in [-0.2, 0) is 0 Å². The first-order valence-electron chi connectivity index (χ1n) is 5.57. The lowest BCUT2D eigenvalue weighted by Crippen LogP contribution is -2.07. The lowest BCUT2D eigenvalue weighted by atomic mass is 10.2. The van der Waals surface area contributed by atoms with Gasteiger partial charge in [-0.05, 0) is 47.6 Å². The molecule has 0 atom stereocenters. The van der Waals surface area contributed by atoms with Gasteiger partial charge < -0.3 is 9.47 Å². The summed E-state index contributed by atoms with van der Waals surface area (Å²) in [6, 6.07) is 5.84. The zero-order chi connectivity index (χ0) is 12.8. The van der Waals surface area contributed by atoms with Crippen LogP contribution in [0.5, 0.6) is 11.5 Å². The number of nitrogens with zero attached hydrogens (tertiary/aromatic N) is 1. The van der Waals surface area contributed by atoms with E-state index in [0.717, 1.165) is 3.57 Å². The molecule has 0 heterocycles. The zero-order valence-corrected chi connectivity index (χ0v) is 12.4. The van der Waals surface area contributed by atoms with Gasteiger partial charge in [-0.2, -0.15) is 5.26 Å². The van der Waals surface area contributed by atoms with Crippen LogP contribution in [0.15, 0.2) is 12.1 Å². The van der Waals surface area contributed by atoms with Crippen molar-refractivity contribution in [2.45, 2.75) is 20.8 Å². The van der Waals surface area contributed by atoms with E-state index in [1.54, 1.807) is 6.07 Å². The number of rotatable bonds is 5. The molecule has 0 spiro atoms. The molecule has 92 valence electrons. The second-order valence-electron chi connectivity index (χ2n) is 4.03. The number of benzene rings is 1. The SMILES string of the molecule is CCOc1cc(I)cc(C#N)c1OCC(C)C. The van der Waals surface area contributed by atoms with E-state index in [9.17, 15) is 0 Å². The largest absolute Gasteiger partial charge is 0.490 e. The molecule has 0 fully saturated rings. The lowest BCUT2D eigenvalue weighted by molar-refractivity contribution is 0.247. The zero-order valence-electron chi connectivity index (χ0n) is 10.3. The van der Waals surface area contributed by atoms with E-state index >= 15 is 0 Å². The summed E-state index contributed by atoms with van der Waals surface area (Å²) in [7, 11) is 0. The summed E-state index contributed by atoms with van der Waals surface area (Å²) in [5.74, 6) is 1.62. The first-order valence-corrected chi connectivity index (χ1v) is 6.65. The van der Waals surface area contributed by atoms with Gasteiger partial charge in [-0.1, -0.05) is 13.8 Å². The molecule has 0 amide bonds. The minimum atomic E-state index is 0.412. The van der Waals surface area contributed by atoms with Crippen LogP contribution in [0.1, 0.15) is 26.3 Å². The van der Waals surface area contributed by atoms with Gasteiger partial charge in [0.05, 0.1) is 18.8 Å². The molecule has 17 heavy (non-hydrogen) atoms. The molecule has 0 bridgehead atoms. The van der Waals surface area contributed by atoms with Gasteiger partial charge in [0.25, 0.3) is 0 Å². The maximum absolute atomic E-state index is 9.11. The number of nitriles is 1. The molecule has 1 aromatic rings. The van der Waals surface area contributed by atoms with E-state index in [4.69, 9.17) is 14.7 Å². The van der Waals surface area contributed by atoms with Crippen molar-refractivity contribution in [2.24, 2.45) is 5.92 Å². The summed E-state index contributed by atoms with van der Waals surface area (Å²) in [5.41, 5.74) is 0.529. The van der Waals surface area contributed by atoms with Crippen LogP contribution < -0.4 is 9.47 Å². The summed E-state index contributed by atoms with van der Waals surface area (Å²) in [6.07, 6.45) is 0. The maximum atomic E-state index is 9.11. The van der Waals surface area contributed by atoms with E-state index in [2.05, 4.69) is 42.5 Å². The van der Waals surface area contributed by atoms with Crippen LogP contribution >= 0.6 is 22.6 Å². The van der Waals surface area contributed by atoms with Crippen molar-refractivity contribution in [3.8, 4) is 17.6 Å². The van der Waals surface area contributed by atoms with Crippen molar-refractivity contribution in [3.63, 3.8) is 0 Å². The third-order valence-electron chi connectivity index (χ3n) is 2.00. The van der Waals surface area contributed by atoms with Crippen molar-refractivity contribution < 1.29 is 9.47 Å². The Labute approximate surface area is 116 Å². The fourth-order valence-electron chi connectivity index (χ4n) is 1.31. The fraction of sp³-hybridized carbons (Fsp3) is 0.462. The van der Waals surface area contributed by atoms with Crippen LogP contribution in [0.25, 0.3) is 0 Å². The fourth-order valence-corrected chi connectivity index (χ4v) is 1.91. The Balaban J connectivity index is 3.08. The van der Waals surface area contributed by atoms with Crippen molar-refractivity contribution in [2.75, 3.05) is 13.2 Å². The molecule has 0 radical (unpaired) electrons. The molecule has 0 aliphatic carbocycles. The molecular weight excluding hydrogens is 329 g/mol. The van der Waals surface area contributed by atoms with Gasteiger partial charge in [0.15, 0.2) is 11.5 Å². The quantitative estimate of drug-likeness (QED) is 0.766. The Bertz CT molecular complexity index is 424. The van der Waals surface area contributed by atoms with Gasteiger partial charge >= 0.3 is 0 Å². The van der Waals surface area contributed by atoms with Crippen molar-refractivity contribution in [1.29, 1.82) is 5.26 Å². The van der Waals surface area contributed by atoms with Gasteiger partial charge in [0.1, 0.15) is 6.07 Å². The van der Waals surface area contributed by atoms with Gasteiger partial charge in [0, 0.05) is 3.57 Å². The summed E-state index contributed by atoms with van der Waals surface area (Å²) >= 11 is 2.17. The average Bonchev–Trinajstić information content (AvgIpc) is 2.27. The molecule has 4 heteroatoms. The normalized spacial score (nSPS) is 10.1. The Kier molecular flexibility index (Phi) is 5.56. The van der Waals surface area contributed by atoms with E-state index in [1.165, 1.54) is 0 Å². The molecule has 1 rings (SSSR count). The van der Waals surface area contributed by atoms with Crippen molar-refractivity contribution in [3.05, 3.63) is 21.3 Å². The van der Waals surface area contributed by atoms with E-state index in [0.29, 0.717) is 36.2 Å². The van der Waals surface area contributed by atoms with Gasteiger partial charge in [-0.25, -0.2) is 0 Å². The third-order valence-corrected chi connectivity index (χ3v) is 2.62. The summed E-state index contributed by atoms with van der Waals surface area (Å²) in [6.45, 7) is 7.19. The monoisotopic (exact) mass is 345 g/mol. The molecule has 0 aliphatic heterocycles. The second-order valence-corrected chi connectivity index (χ2v) is 5.28. The Morgan fingerprint density at radius 3 is 2.59 bits per heavy atom. The predicted molar refractivity (Wildman–Crippen MR) is 75.4 cm³/mol. The van der Waals surface area contributed by atoms with E-state index in [1.807, 2.05) is 13.0 Å². The van der Waals surface area contributed by atoms with Crippen LogP contribution in [-0.4, -0.2) is 13.2 Å². The van der Waals surface area contributed by atoms with Gasteiger partial charge in [0.2, 0.25) is 0 Å².